The van der Waals surface area contributed by atoms with Gasteiger partial charge in [0.1, 0.15) is 0 Å². The summed E-state index contributed by atoms with van der Waals surface area (Å²) in [5, 5.41) is 9.88. The van der Waals surface area contributed by atoms with Gasteiger partial charge in [0.15, 0.2) is 22.2 Å². The first-order valence-electron chi connectivity index (χ1n) is 5.80. The molecular formula is C13H10FN3O2S. The Hall–Kier alpha value is -2.28. The van der Waals surface area contributed by atoms with Gasteiger partial charge in [0.25, 0.3) is 0 Å². The number of halogens is 1. The van der Waals surface area contributed by atoms with E-state index in [-0.39, 0.29) is 5.43 Å². The molecule has 2 aromatic heterocycles. The third kappa shape index (κ3) is 2.53. The number of nitrogens with one attached hydrogen (secondary N) is 2. The minimum Gasteiger partial charge on any atom is -0.505 e. The van der Waals surface area contributed by atoms with Crippen LogP contribution in [0.1, 0.15) is 5.69 Å². The van der Waals surface area contributed by atoms with Crippen molar-refractivity contribution >= 4 is 22.8 Å². The van der Waals surface area contributed by atoms with Crippen molar-refractivity contribution in [2.75, 3.05) is 0 Å². The van der Waals surface area contributed by atoms with Gasteiger partial charge >= 0.3 is 0 Å². The zero-order valence-corrected chi connectivity index (χ0v) is 11.0. The summed E-state index contributed by atoms with van der Waals surface area (Å²) in [6.45, 7) is 0. The van der Waals surface area contributed by atoms with Crippen LogP contribution in [-0.4, -0.2) is 20.1 Å². The van der Waals surface area contributed by atoms with Gasteiger partial charge in [-0.2, -0.15) is 0 Å². The third-order valence-electron chi connectivity index (χ3n) is 2.73. The highest BCUT2D eigenvalue weighted by Gasteiger charge is 2.08. The van der Waals surface area contributed by atoms with E-state index in [4.69, 9.17) is 0 Å². The Kier molecular flexibility index (Phi) is 3.19. The first-order valence-corrected chi connectivity index (χ1v) is 6.79. The number of phenols is 1. The quantitative estimate of drug-likeness (QED) is 0.647. The molecule has 0 bridgehead atoms. The molecule has 3 N–H and O–H groups in total. The molecule has 0 aliphatic carbocycles. The van der Waals surface area contributed by atoms with Crippen molar-refractivity contribution in [1.29, 1.82) is 0 Å². The third-order valence-corrected chi connectivity index (χ3v) is 3.65. The first kappa shape index (κ1) is 12.7. The van der Waals surface area contributed by atoms with Crippen molar-refractivity contribution in [1.82, 2.24) is 15.0 Å². The highest BCUT2D eigenvalue weighted by Crippen LogP contribution is 2.26. The molecule has 2 heterocycles. The molecule has 0 fully saturated rings. The van der Waals surface area contributed by atoms with E-state index in [0.717, 1.165) is 5.69 Å². The maximum absolute atomic E-state index is 13.2. The van der Waals surface area contributed by atoms with Crippen LogP contribution in [0, 0.1) is 5.82 Å². The lowest BCUT2D eigenvalue weighted by atomic mass is 10.3. The molecule has 0 atom stereocenters. The van der Waals surface area contributed by atoms with Crippen molar-refractivity contribution < 1.29 is 9.50 Å². The van der Waals surface area contributed by atoms with Crippen LogP contribution >= 0.6 is 11.8 Å². The maximum Gasteiger partial charge on any atom is 0.181 e. The van der Waals surface area contributed by atoms with Gasteiger partial charge in [-0.05, 0) is 0 Å². The molecular weight excluding hydrogens is 281 g/mol. The summed E-state index contributed by atoms with van der Waals surface area (Å²) < 4.78 is 13.2. The van der Waals surface area contributed by atoms with E-state index in [1.165, 1.54) is 36.0 Å². The van der Waals surface area contributed by atoms with Crippen LogP contribution in [0.2, 0.25) is 0 Å². The summed E-state index contributed by atoms with van der Waals surface area (Å²) in [5.41, 5.74) is 1.73. The number of rotatable bonds is 3. The van der Waals surface area contributed by atoms with Gasteiger partial charge in [-0.1, -0.05) is 11.8 Å². The van der Waals surface area contributed by atoms with E-state index in [1.807, 2.05) is 0 Å². The van der Waals surface area contributed by atoms with Gasteiger partial charge in [0.2, 0.25) is 0 Å². The summed E-state index contributed by atoms with van der Waals surface area (Å²) in [5.74, 6) is -0.581. The Labute approximate surface area is 116 Å². The van der Waals surface area contributed by atoms with Gasteiger partial charge in [-0.25, -0.2) is 9.37 Å². The Morgan fingerprint density at radius 1 is 1.35 bits per heavy atom. The molecule has 0 spiro atoms. The molecule has 0 radical (unpaired) electrons. The highest BCUT2D eigenvalue weighted by atomic mass is 32.2. The van der Waals surface area contributed by atoms with E-state index in [2.05, 4.69) is 15.0 Å². The molecule has 5 nitrogen and oxygen atoms in total. The molecule has 0 aliphatic heterocycles. The molecule has 7 heteroatoms. The van der Waals surface area contributed by atoms with E-state index >= 15 is 0 Å². The Morgan fingerprint density at radius 2 is 2.20 bits per heavy atom. The lowest BCUT2D eigenvalue weighted by Gasteiger charge is -1.97. The van der Waals surface area contributed by atoms with Crippen LogP contribution in [0.3, 0.4) is 0 Å². The second kappa shape index (κ2) is 5.01. The van der Waals surface area contributed by atoms with Crippen LogP contribution in [-0.2, 0) is 5.75 Å². The zero-order valence-electron chi connectivity index (χ0n) is 10.2. The summed E-state index contributed by atoms with van der Waals surface area (Å²) in [4.78, 5) is 21.4. The summed E-state index contributed by atoms with van der Waals surface area (Å²) >= 11 is 1.38. The topological polar surface area (TPSA) is 81.8 Å². The van der Waals surface area contributed by atoms with E-state index < -0.39 is 11.6 Å². The van der Waals surface area contributed by atoms with E-state index in [0.29, 0.717) is 21.9 Å². The number of aromatic amines is 2. The van der Waals surface area contributed by atoms with E-state index in [1.54, 1.807) is 6.20 Å². The fourth-order valence-electron chi connectivity index (χ4n) is 1.79. The molecule has 0 unspecified atom stereocenters. The molecule has 0 aliphatic rings. The van der Waals surface area contributed by atoms with Crippen molar-refractivity contribution in [2.45, 2.75) is 10.9 Å². The SMILES string of the molecule is O=c1cc[nH]c(CSc2nc3cc(O)c(F)cc3[nH]2)c1. The van der Waals surface area contributed by atoms with Crippen LogP contribution in [0.4, 0.5) is 4.39 Å². The number of phenolic OH excluding ortho intramolecular Hbond substituents is 1. The Balaban J connectivity index is 1.83. The van der Waals surface area contributed by atoms with Gasteiger partial charge in [0, 0.05) is 41.9 Å². The van der Waals surface area contributed by atoms with Gasteiger partial charge in [-0.3, -0.25) is 4.79 Å². The summed E-state index contributed by atoms with van der Waals surface area (Å²) in [7, 11) is 0. The number of nitrogens with zero attached hydrogens (tertiary/aromatic N) is 1. The number of pyridine rings is 1. The lowest BCUT2D eigenvalue weighted by Crippen LogP contribution is -1.99. The lowest BCUT2D eigenvalue weighted by molar-refractivity contribution is 0.433. The Morgan fingerprint density at radius 3 is 3.00 bits per heavy atom. The van der Waals surface area contributed by atoms with Crippen molar-refractivity contribution in [3.8, 4) is 5.75 Å². The van der Waals surface area contributed by atoms with Crippen LogP contribution in [0.5, 0.6) is 5.75 Å². The second-order valence-electron chi connectivity index (χ2n) is 4.20. The smallest absolute Gasteiger partial charge is 0.181 e. The standard InChI is InChI=1S/C13H10FN3O2S/c14-9-4-10-11(5-12(9)19)17-13(16-10)20-6-7-3-8(18)1-2-15-7/h1-5,19H,6H2,(H,15,18)(H,16,17). The molecule has 1 aromatic carbocycles. The molecule has 20 heavy (non-hydrogen) atoms. The van der Waals surface area contributed by atoms with Crippen molar-refractivity contribution in [3.05, 3.63) is 52.2 Å². The normalized spacial score (nSPS) is 11.1. The van der Waals surface area contributed by atoms with Crippen LogP contribution in [0.15, 0.2) is 40.4 Å². The molecule has 102 valence electrons. The summed E-state index contributed by atoms with van der Waals surface area (Å²) in [6.07, 6.45) is 1.59. The average Bonchev–Trinajstić information content (AvgIpc) is 2.79. The van der Waals surface area contributed by atoms with Gasteiger partial charge in [-0.15, -0.1) is 0 Å². The van der Waals surface area contributed by atoms with E-state index in [9.17, 15) is 14.3 Å². The Bertz CT molecular complexity index is 789. The first-order chi connectivity index (χ1) is 9.61. The molecule has 0 saturated carbocycles. The van der Waals surface area contributed by atoms with Gasteiger partial charge in [0.05, 0.1) is 11.0 Å². The molecule has 3 aromatic rings. The second-order valence-corrected chi connectivity index (χ2v) is 5.17. The van der Waals surface area contributed by atoms with Crippen LogP contribution < -0.4 is 5.43 Å². The molecule has 0 saturated heterocycles. The predicted molar refractivity (Wildman–Crippen MR) is 74.3 cm³/mol. The highest BCUT2D eigenvalue weighted by molar-refractivity contribution is 7.98. The largest absolute Gasteiger partial charge is 0.505 e. The monoisotopic (exact) mass is 291 g/mol. The zero-order chi connectivity index (χ0) is 14.1. The van der Waals surface area contributed by atoms with Crippen LogP contribution in [0.25, 0.3) is 11.0 Å². The number of aromatic nitrogens is 3. The number of imidazole rings is 1. The maximum atomic E-state index is 13.2. The minimum atomic E-state index is -0.690. The number of hydrogen-bond acceptors (Lipinski definition) is 4. The fourth-order valence-corrected chi connectivity index (χ4v) is 2.59. The molecule has 3 rings (SSSR count). The number of aromatic hydroxyl groups is 1. The fraction of sp³-hybridized carbons (Fsp3) is 0.0769. The number of thioether (sulfide) groups is 1. The average molecular weight is 291 g/mol. The van der Waals surface area contributed by atoms with Crippen molar-refractivity contribution in [2.24, 2.45) is 0 Å². The minimum absolute atomic E-state index is 0.0593. The summed E-state index contributed by atoms with van der Waals surface area (Å²) in [6, 6.07) is 5.43. The number of H-pyrrole nitrogens is 2. The molecule has 0 amide bonds. The number of hydrogen-bond donors (Lipinski definition) is 3. The van der Waals surface area contributed by atoms with Gasteiger partial charge < -0.3 is 15.1 Å². The predicted octanol–water partition coefficient (Wildman–Crippen LogP) is 2.39. The number of fused-ring (bicyclic) bond motifs is 1. The number of benzene rings is 1. The van der Waals surface area contributed by atoms with Crippen molar-refractivity contribution in [3.63, 3.8) is 0 Å².